The van der Waals surface area contributed by atoms with Crippen LogP contribution in [-0.2, 0) is 25.8 Å². The number of nitrogen functional groups attached to an aromatic ring is 1. The highest BCUT2D eigenvalue weighted by Crippen LogP contribution is 2.32. The Kier molecular flexibility index (Phi) is 31.9. The van der Waals surface area contributed by atoms with Gasteiger partial charge in [0, 0.05) is 125 Å². The summed E-state index contributed by atoms with van der Waals surface area (Å²) in [6, 6.07) is 22.1. The SMILES string of the molecule is NC1CCC(CNc2nc(NCCc3ccccn3)ncc2[N+](=O)[O-])CC1.NC1CCC(CNc2nc(NCCc3cccnc3)ncc2[N+](=O)[O-])CC1.NC1CCC(CNc2nc(NCCc3ccncc3)ncc2[N+](=O)[O-])CC1.Nc1ccc(CNc2ncc([N+](=O)[O-])c(NCC3CCC(N)CC3)n2)cc1. The summed E-state index contributed by atoms with van der Waals surface area (Å²) in [5.74, 6) is 4.30. The minimum Gasteiger partial charge on any atom is -0.399 e. The summed E-state index contributed by atoms with van der Waals surface area (Å²) in [5.41, 5.74) is 33.9. The Morgan fingerprint density at radius 3 is 1.05 bits per heavy atom. The number of anilines is 9. The fraction of sp³-hybridized carbons (Fsp3) is 0.486. The molecular formula is C72H100N28O8. The molecule has 4 saturated carbocycles. The van der Waals surface area contributed by atoms with Crippen molar-refractivity contribution in [3.8, 4) is 0 Å². The lowest BCUT2D eigenvalue weighted by molar-refractivity contribution is -0.384. The Bertz CT molecular complexity index is 3750. The van der Waals surface area contributed by atoms with E-state index in [1.54, 1.807) is 31.0 Å². The lowest BCUT2D eigenvalue weighted by Crippen LogP contribution is -2.29. The van der Waals surface area contributed by atoms with E-state index in [0.717, 1.165) is 138 Å². The Balaban J connectivity index is 0.000000166. The summed E-state index contributed by atoms with van der Waals surface area (Å²) in [6.07, 6.45) is 32.2. The summed E-state index contributed by atoms with van der Waals surface area (Å²) in [6.45, 7) is 4.93. The maximum Gasteiger partial charge on any atom is 0.329 e. The topological polar surface area (TPSA) is 541 Å². The molecule has 0 aliphatic heterocycles. The highest BCUT2D eigenvalue weighted by atomic mass is 16.6. The molecule has 0 unspecified atom stereocenters. The molecule has 0 amide bonds. The van der Waals surface area contributed by atoms with Crippen LogP contribution in [0.2, 0.25) is 0 Å². The maximum atomic E-state index is 11.3. The second kappa shape index (κ2) is 42.7. The van der Waals surface area contributed by atoms with Gasteiger partial charge in [-0.3, -0.25) is 55.4 Å². The first-order chi connectivity index (χ1) is 52.4. The van der Waals surface area contributed by atoms with Gasteiger partial charge in [-0.05, 0) is 198 Å². The van der Waals surface area contributed by atoms with Crippen LogP contribution in [0.3, 0.4) is 0 Å². The molecule has 108 heavy (non-hydrogen) atoms. The summed E-state index contributed by atoms with van der Waals surface area (Å²) in [5, 5.41) is 70.1. The van der Waals surface area contributed by atoms with Crippen molar-refractivity contribution in [2.24, 2.45) is 46.6 Å². The number of pyridine rings is 3. The van der Waals surface area contributed by atoms with Crippen LogP contribution in [0.15, 0.2) is 123 Å². The highest BCUT2D eigenvalue weighted by molar-refractivity contribution is 5.60. The number of rotatable bonds is 31. The van der Waals surface area contributed by atoms with Gasteiger partial charge < -0.3 is 71.2 Å². The van der Waals surface area contributed by atoms with Crippen molar-refractivity contribution in [1.82, 2.24) is 54.8 Å². The molecule has 0 saturated heterocycles. The highest BCUT2D eigenvalue weighted by Gasteiger charge is 2.27. The fourth-order valence-electron chi connectivity index (χ4n) is 12.8. The number of nitrogens with one attached hydrogen (secondary N) is 8. The standard InChI is InChI=1S/4C18H25N7O2/c19-14-5-1-12(2-6-14)9-21-17-16(25(26)27)11-23-18(24-17)22-10-13-3-7-15(20)8-4-13;19-15-3-1-14(2-4-15)11-22-17-16(25(26)27)12-23-18(24-17)21-10-7-13-5-8-20-9-6-13;19-15-5-3-14(4-6-15)11-22-17-16(25(26)27)12-23-18(24-17)21-9-7-13-2-1-8-20-10-13;19-14-6-4-13(5-7-14)11-22-17-16(25(26)27)12-23-18(24-17)21-10-8-15-3-1-2-9-20-15/h3-4,7-8,11-12,14H,1-2,5-6,9-10,19-20H2,(H2,21,22,23,24);5-6,8-9,12,14-15H,1-4,7,10-11,19H2,(H2,21,22,23,24);1-2,8,10,12,14-15H,3-7,9,11,19H2,(H2,21,22,23,24);1-3,9,12-14H,4-8,10-11,19H2,(H2,21,22,23,24). The van der Waals surface area contributed by atoms with E-state index in [1.807, 2.05) is 66.7 Å². The number of nitrogens with zero attached hydrogens (tertiary/aromatic N) is 15. The van der Waals surface area contributed by atoms with Gasteiger partial charge in [-0.1, -0.05) is 24.3 Å². The van der Waals surface area contributed by atoms with Gasteiger partial charge in [0.2, 0.25) is 47.1 Å². The Hall–Kier alpha value is -11.4. The van der Waals surface area contributed by atoms with E-state index >= 15 is 0 Å². The Morgan fingerprint density at radius 1 is 0.343 bits per heavy atom. The molecule has 0 atom stereocenters. The van der Waals surface area contributed by atoms with Crippen LogP contribution in [0.5, 0.6) is 0 Å². The monoisotopic (exact) mass is 1480 g/mol. The molecule has 36 nitrogen and oxygen atoms in total. The predicted octanol–water partition coefficient (Wildman–Crippen LogP) is 9.60. The molecule has 1 aromatic carbocycles. The number of nitro groups is 4. The summed E-state index contributed by atoms with van der Waals surface area (Å²) in [7, 11) is 0. The van der Waals surface area contributed by atoms with Gasteiger partial charge in [-0.25, -0.2) is 19.9 Å². The molecule has 12 rings (SSSR count). The van der Waals surface area contributed by atoms with Crippen LogP contribution in [0, 0.1) is 64.1 Å². The van der Waals surface area contributed by atoms with Crippen molar-refractivity contribution in [2.45, 2.75) is 153 Å². The summed E-state index contributed by atoms with van der Waals surface area (Å²) >= 11 is 0. The average Bonchev–Trinajstić information content (AvgIpc) is 0.856. The molecule has 7 aromatic heterocycles. The zero-order valence-electron chi connectivity index (χ0n) is 60.6. The smallest absolute Gasteiger partial charge is 0.329 e. The van der Waals surface area contributed by atoms with Gasteiger partial charge >= 0.3 is 22.7 Å². The second-order valence-electron chi connectivity index (χ2n) is 27.5. The van der Waals surface area contributed by atoms with Crippen molar-refractivity contribution in [3.05, 3.63) is 185 Å². The molecule has 0 radical (unpaired) electrons. The van der Waals surface area contributed by atoms with Crippen molar-refractivity contribution in [2.75, 3.05) is 94.1 Å². The molecule has 18 N–H and O–H groups in total. The largest absolute Gasteiger partial charge is 0.399 e. The number of benzene rings is 1. The number of hydrogen-bond donors (Lipinski definition) is 13. The summed E-state index contributed by atoms with van der Waals surface area (Å²) in [4.78, 5) is 89.0. The van der Waals surface area contributed by atoms with E-state index < -0.39 is 19.7 Å². The molecule has 4 fully saturated rings. The van der Waals surface area contributed by atoms with E-state index in [1.165, 1.54) is 24.8 Å². The van der Waals surface area contributed by atoms with Crippen LogP contribution in [0.25, 0.3) is 0 Å². The third kappa shape index (κ3) is 27.5. The first-order valence-electron chi connectivity index (χ1n) is 36.9. The van der Waals surface area contributed by atoms with Crippen molar-refractivity contribution >= 4 is 75.5 Å². The predicted molar refractivity (Wildman–Crippen MR) is 416 cm³/mol. The molecule has 0 bridgehead atoms. The number of nitrogens with two attached hydrogens (primary N) is 5. The van der Waals surface area contributed by atoms with Crippen molar-refractivity contribution < 1.29 is 19.7 Å². The van der Waals surface area contributed by atoms with Gasteiger partial charge in [-0.2, -0.15) is 19.9 Å². The molecule has 7 heterocycles. The molecule has 4 aliphatic carbocycles. The van der Waals surface area contributed by atoms with Crippen LogP contribution in [0.4, 0.5) is 75.5 Å². The quantitative estimate of drug-likeness (QED) is 0.0109. The minimum atomic E-state index is -0.469. The van der Waals surface area contributed by atoms with Gasteiger partial charge in [0.05, 0.1) is 19.7 Å². The molecule has 0 spiro atoms. The third-order valence-corrected chi connectivity index (χ3v) is 19.3. The fourth-order valence-corrected chi connectivity index (χ4v) is 12.8. The van der Waals surface area contributed by atoms with Crippen LogP contribution >= 0.6 is 0 Å². The van der Waals surface area contributed by atoms with Crippen LogP contribution < -0.4 is 71.2 Å². The minimum absolute atomic E-state index is 0.109. The van der Waals surface area contributed by atoms with E-state index in [4.69, 9.17) is 28.7 Å². The van der Waals surface area contributed by atoms with Gasteiger partial charge in [0.1, 0.15) is 24.8 Å². The second-order valence-corrected chi connectivity index (χ2v) is 27.5. The van der Waals surface area contributed by atoms with Gasteiger partial charge in [-0.15, -0.1) is 0 Å². The first-order valence-corrected chi connectivity index (χ1v) is 36.9. The average molecular weight is 1490 g/mol. The molecule has 4 aliphatic rings. The Morgan fingerprint density at radius 2 is 0.704 bits per heavy atom. The molecule has 36 heteroatoms. The van der Waals surface area contributed by atoms with E-state index in [0.29, 0.717) is 112 Å². The lowest BCUT2D eigenvalue weighted by atomic mass is 9.86. The zero-order chi connectivity index (χ0) is 76.4. The number of aromatic nitrogens is 11. The van der Waals surface area contributed by atoms with E-state index in [2.05, 4.69) is 97.4 Å². The summed E-state index contributed by atoms with van der Waals surface area (Å²) < 4.78 is 0. The zero-order valence-corrected chi connectivity index (χ0v) is 60.6. The number of hydrogen-bond acceptors (Lipinski definition) is 32. The molecule has 576 valence electrons. The van der Waals surface area contributed by atoms with Crippen molar-refractivity contribution in [1.29, 1.82) is 0 Å². The van der Waals surface area contributed by atoms with E-state index in [-0.39, 0.29) is 70.2 Å². The van der Waals surface area contributed by atoms with E-state index in [9.17, 15) is 40.5 Å². The molecule has 8 aromatic rings. The third-order valence-electron chi connectivity index (χ3n) is 19.3. The van der Waals surface area contributed by atoms with Gasteiger partial charge in [0.15, 0.2) is 0 Å². The Labute approximate surface area is 626 Å². The maximum absolute atomic E-state index is 11.3. The van der Waals surface area contributed by atoms with Gasteiger partial charge in [0.25, 0.3) is 0 Å². The van der Waals surface area contributed by atoms with Crippen LogP contribution in [0.1, 0.15) is 125 Å². The van der Waals surface area contributed by atoms with Crippen molar-refractivity contribution in [3.63, 3.8) is 0 Å². The molecular weight excluding hydrogens is 1380 g/mol. The normalized spacial score (nSPS) is 19.4. The van der Waals surface area contributed by atoms with Crippen LogP contribution in [-0.4, -0.2) is 144 Å². The first kappa shape index (κ1) is 80.7. The lowest BCUT2D eigenvalue weighted by Gasteiger charge is -2.26.